The molecule has 0 unspecified atom stereocenters. The number of aromatic nitrogens is 1. The van der Waals surface area contributed by atoms with E-state index in [9.17, 15) is 9.59 Å². The Morgan fingerprint density at radius 2 is 2.10 bits per heavy atom. The maximum atomic E-state index is 11.6. The van der Waals surface area contributed by atoms with Crippen LogP contribution in [0.5, 0.6) is 0 Å². The van der Waals surface area contributed by atoms with Crippen LogP contribution >= 0.6 is 0 Å². The number of amides is 2. The van der Waals surface area contributed by atoms with Gasteiger partial charge in [-0.05, 0) is 32.4 Å². The molecular formula is C13H19N3O4. The Bertz CT molecular complexity index is 456. The number of hydroxylamine groups is 1. The predicted molar refractivity (Wildman–Crippen MR) is 71.6 cm³/mol. The van der Waals surface area contributed by atoms with E-state index in [0.717, 1.165) is 5.56 Å². The van der Waals surface area contributed by atoms with Gasteiger partial charge < -0.3 is 14.5 Å². The van der Waals surface area contributed by atoms with Gasteiger partial charge >= 0.3 is 12.2 Å². The van der Waals surface area contributed by atoms with Gasteiger partial charge in [0, 0.05) is 19.4 Å². The summed E-state index contributed by atoms with van der Waals surface area (Å²) in [4.78, 5) is 32.8. The van der Waals surface area contributed by atoms with E-state index >= 15 is 0 Å². The zero-order chi connectivity index (χ0) is 15.2. The van der Waals surface area contributed by atoms with Crippen molar-refractivity contribution in [3.05, 3.63) is 30.1 Å². The Morgan fingerprint density at radius 1 is 1.40 bits per heavy atom. The van der Waals surface area contributed by atoms with Crippen molar-refractivity contribution in [1.29, 1.82) is 0 Å². The minimum absolute atomic E-state index is 0.322. The normalized spacial score (nSPS) is 10.6. The summed E-state index contributed by atoms with van der Waals surface area (Å²) < 4.78 is 4.93. The van der Waals surface area contributed by atoms with Crippen LogP contribution in [-0.2, 0) is 16.1 Å². The Labute approximate surface area is 117 Å². The molecular weight excluding hydrogens is 262 g/mol. The quantitative estimate of drug-likeness (QED) is 0.839. The van der Waals surface area contributed by atoms with Gasteiger partial charge in [0.1, 0.15) is 5.60 Å². The van der Waals surface area contributed by atoms with Crippen LogP contribution in [0.2, 0.25) is 0 Å². The van der Waals surface area contributed by atoms with E-state index in [1.807, 2.05) is 11.5 Å². The van der Waals surface area contributed by atoms with Crippen molar-refractivity contribution in [2.45, 2.75) is 32.9 Å². The van der Waals surface area contributed by atoms with Crippen LogP contribution in [0.3, 0.4) is 0 Å². The van der Waals surface area contributed by atoms with Crippen LogP contribution in [-0.4, -0.2) is 34.7 Å². The molecule has 0 aliphatic rings. The first kappa shape index (κ1) is 15.7. The molecule has 0 saturated heterocycles. The fraction of sp³-hybridized carbons (Fsp3) is 0.462. The average molecular weight is 281 g/mol. The third kappa shape index (κ3) is 6.03. The van der Waals surface area contributed by atoms with Crippen LogP contribution in [0.4, 0.5) is 9.59 Å². The van der Waals surface area contributed by atoms with Crippen LogP contribution in [0.25, 0.3) is 0 Å². The highest BCUT2D eigenvalue weighted by atomic mass is 16.7. The molecule has 1 aromatic heterocycles. The van der Waals surface area contributed by atoms with E-state index in [-0.39, 0.29) is 0 Å². The summed E-state index contributed by atoms with van der Waals surface area (Å²) >= 11 is 0. The van der Waals surface area contributed by atoms with E-state index in [2.05, 4.69) is 9.82 Å². The lowest BCUT2D eigenvalue weighted by Gasteiger charge is -2.20. The standard InChI is InChI=1S/C13H19N3O4/c1-13(2,3)19-11(17)15-20-12(18)16(4)9-10-6-5-7-14-8-10/h5-8H,9H2,1-4H3,(H,15,17). The van der Waals surface area contributed by atoms with Crippen molar-refractivity contribution < 1.29 is 19.2 Å². The number of ether oxygens (including phenoxy) is 1. The lowest BCUT2D eigenvalue weighted by molar-refractivity contribution is 0.00717. The Kier molecular flexibility index (Phi) is 5.31. The lowest BCUT2D eigenvalue weighted by atomic mass is 10.2. The smallest absolute Gasteiger partial charge is 0.441 e. The van der Waals surface area contributed by atoms with E-state index < -0.39 is 17.8 Å². The van der Waals surface area contributed by atoms with E-state index in [1.54, 1.807) is 46.3 Å². The second-order valence-electron chi connectivity index (χ2n) is 5.19. The van der Waals surface area contributed by atoms with Crippen molar-refractivity contribution in [2.24, 2.45) is 0 Å². The molecule has 0 atom stereocenters. The van der Waals surface area contributed by atoms with Crippen LogP contribution in [0.15, 0.2) is 24.5 Å². The largest absolute Gasteiger partial charge is 0.442 e. The topological polar surface area (TPSA) is 80.8 Å². The van der Waals surface area contributed by atoms with Gasteiger partial charge in [0.15, 0.2) is 0 Å². The highest BCUT2D eigenvalue weighted by Gasteiger charge is 2.18. The van der Waals surface area contributed by atoms with Crippen molar-refractivity contribution in [1.82, 2.24) is 15.4 Å². The number of nitrogens with zero attached hydrogens (tertiary/aromatic N) is 2. The van der Waals surface area contributed by atoms with Crippen molar-refractivity contribution in [3.63, 3.8) is 0 Å². The van der Waals surface area contributed by atoms with Crippen LogP contribution in [0, 0.1) is 0 Å². The number of hydrogen-bond acceptors (Lipinski definition) is 5. The first-order valence-electron chi connectivity index (χ1n) is 6.08. The predicted octanol–water partition coefficient (Wildman–Crippen LogP) is 2.09. The highest BCUT2D eigenvalue weighted by molar-refractivity contribution is 5.72. The maximum Gasteiger partial charge on any atom is 0.441 e. The van der Waals surface area contributed by atoms with Crippen molar-refractivity contribution in [3.8, 4) is 0 Å². The molecule has 1 N–H and O–H groups in total. The fourth-order valence-corrected chi connectivity index (χ4v) is 1.29. The van der Waals surface area contributed by atoms with E-state index in [4.69, 9.17) is 4.74 Å². The third-order valence-corrected chi connectivity index (χ3v) is 2.07. The van der Waals surface area contributed by atoms with Gasteiger partial charge in [-0.2, -0.15) is 0 Å². The summed E-state index contributed by atoms with van der Waals surface area (Å²) in [6.45, 7) is 5.46. The Hall–Kier alpha value is -2.31. The molecule has 0 saturated carbocycles. The van der Waals surface area contributed by atoms with Crippen LogP contribution < -0.4 is 5.48 Å². The number of pyridine rings is 1. The molecule has 7 nitrogen and oxygen atoms in total. The van der Waals surface area contributed by atoms with Crippen LogP contribution in [0.1, 0.15) is 26.3 Å². The second-order valence-corrected chi connectivity index (χ2v) is 5.19. The van der Waals surface area contributed by atoms with Crippen molar-refractivity contribution >= 4 is 12.2 Å². The Morgan fingerprint density at radius 3 is 2.65 bits per heavy atom. The molecule has 1 heterocycles. The fourth-order valence-electron chi connectivity index (χ4n) is 1.29. The summed E-state index contributed by atoms with van der Waals surface area (Å²) in [7, 11) is 1.55. The molecule has 110 valence electrons. The van der Waals surface area contributed by atoms with E-state index in [0.29, 0.717) is 6.54 Å². The van der Waals surface area contributed by atoms with Gasteiger partial charge in [-0.25, -0.2) is 9.59 Å². The van der Waals surface area contributed by atoms with Gasteiger partial charge in [-0.1, -0.05) is 6.07 Å². The molecule has 0 aliphatic heterocycles. The SMILES string of the molecule is CN(Cc1cccnc1)C(=O)ONC(=O)OC(C)(C)C. The first-order valence-corrected chi connectivity index (χ1v) is 6.08. The number of carbonyl (C=O) groups is 2. The monoisotopic (exact) mass is 281 g/mol. The lowest BCUT2D eigenvalue weighted by Crippen LogP contribution is -2.37. The molecule has 7 heteroatoms. The molecule has 0 aromatic carbocycles. The van der Waals surface area contributed by atoms with Gasteiger partial charge in [-0.3, -0.25) is 4.98 Å². The first-order chi connectivity index (χ1) is 9.28. The Balaban J connectivity index is 2.37. The summed E-state index contributed by atoms with van der Waals surface area (Å²) in [5.41, 5.74) is 2.13. The summed E-state index contributed by atoms with van der Waals surface area (Å²) in [6, 6.07) is 3.60. The van der Waals surface area contributed by atoms with Gasteiger partial charge in [0.2, 0.25) is 0 Å². The highest BCUT2D eigenvalue weighted by Crippen LogP contribution is 2.06. The minimum atomic E-state index is -0.819. The molecule has 0 aliphatic carbocycles. The molecule has 1 rings (SSSR count). The second kappa shape index (κ2) is 6.74. The molecule has 2 amide bonds. The zero-order valence-electron chi connectivity index (χ0n) is 12.0. The number of carbonyl (C=O) groups excluding carboxylic acids is 2. The maximum absolute atomic E-state index is 11.6. The molecule has 1 aromatic rings. The van der Waals surface area contributed by atoms with Gasteiger partial charge in [0.05, 0.1) is 6.54 Å². The molecule has 0 spiro atoms. The number of hydrogen-bond donors (Lipinski definition) is 1. The zero-order valence-corrected chi connectivity index (χ0v) is 12.0. The number of rotatable bonds is 2. The summed E-state index contributed by atoms with van der Waals surface area (Å²) in [6.07, 6.45) is 1.78. The average Bonchev–Trinajstić information content (AvgIpc) is 2.35. The summed E-state index contributed by atoms with van der Waals surface area (Å²) in [5.74, 6) is 0. The van der Waals surface area contributed by atoms with Gasteiger partial charge in [0.25, 0.3) is 0 Å². The molecule has 0 fully saturated rings. The van der Waals surface area contributed by atoms with E-state index in [1.165, 1.54) is 4.90 Å². The summed E-state index contributed by atoms with van der Waals surface area (Å²) in [5, 5.41) is 0. The molecule has 20 heavy (non-hydrogen) atoms. The molecule has 0 radical (unpaired) electrons. The minimum Gasteiger partial charge on any atom is -0.442 e. The van der Waals surface area contributed by atoms with Crippen molar-refractivity contribution in [2.75, 3.05) is 7.05 Å². The number of nitrogens with one attached hydrogen (secondary N) is 1. The van der Waals surface area contributed by atoms with Gasteiger partial charge in [-0.15, -0.1) is 5.48 Å². The third-order valence-electron chi connectivity index (χ3n) is 2.07. The molecule has 0 bridgehead atoms.